The predicted octanol–water partition coefficient (Wildman–Crippen LogP) is 2.66. The maximum atomic E-state index is 12.8. The number of benzene rings is 1. The third-order valence-electron chi connectivity index (χ3n) is 4.94. The Balaban J connectivity index is 1.73. The maximum absolute atomic E-state index is 12.8. The molecule has 2 atom stereocenters. The Labute approximate surface area is 166 Å². The number of halogens is 1. The lowest BCUT2D eigenvalue weighted by Crippen LogP contribution is -2.46. The van der Waals surface area contributed by atoms with Crippen molar-refractivity contribution in [3.05, 3.63) is 75.7 Å². The molecule has 4 rings (SSSR count). The summed E-state index contributed by atoms with van der Waals surface area (Å²) in [5, 5.41) is 3.79. The smallest absolute Gasteiger partial charge is 0.255 e. The number of Topliss-reactive ketones (excluding diaryl/α,β-unsaturated/α-hetero) is 1. The number of aromatic nitrogens is 4. The van der Waals surface area contributed by atoms with E-state index >= 15 is 0 Å². The van der Waals surface area contributed by atoms with Crippen LogP contribution in [0.1, 0.15) is 35.4 Å². The second-order valence-electron chi connectivity index (χ2n) is 6.76. The van der Waals surface area contributed by atoms with E-state index in [1.807, 2.05) is 6.92 Å². The molecule has 8 heteroatoms. The molecule has 7 nitrogen and oxygen atoms in total. The molecule has 1 aliphatic rings. The lowest BCUT2D eigenvalue weighted by Gasteiger charge is -2.32. The Kier molecular flexibility index (Phi) is 5.02. The number of carbonyl (C=O) groups excluding carboxylic acids is 1. The minimum atomic E-state index is -0.255. The van der Waals surface area contributed by atoms with Crippen LogP contribution in [-0.2, 0) is 6.67 Å². The number of hydrogen-bond donors (Lipinski definition) is 1. The molecule has 0 fully saturated rings. The van der Waals surface area contributed by atoms with Crippen molar-refractivity contribution in [2.24, 2.45) is 0 Å². The molecule has 3 aromatic rings. The second kappa shape index (κ2) is 7.61. The van der Waals surface area contributed by atoms with Gasteiger partial charge in [-0.25, -0.2) is 15.0 Å². The van der Waals surface area contributed by atoms with Crippen molar-refractivity contribution in [3.8, 4) is 11.4 Å². The number of ketones is 1. The number of nitrogens with zero attached hydrogens (tertiary/aromatic N) is 4. The van der Waals surface area contributed by atoms with Crippen LogP contribution in [0.5, 0.6) is 0 Å². The summed E-state index contributed by atoms with van der Waals surface area (Å²) in [5.41, 5.74) is 1.42. The molecule has 0 aliphatic carbocycles. The summed E-state index contributed by atoms with van der Waals surface area (Å²) in [7, 11) is 0. The van der Waals surface area contributed by atoms with E-state index in [1.165, 1.54) is 12.4 Å². The molecule has 0 radical (unpaired) electrons. The Hall–Kier alpha value is -2.90. The van der Waals surface area contributed by atoms with Crippen molar-refractivity contribution in [2.75, 3.05) is 0 Å². The summed E-state index contributed by atoms with van der Waals surface area (Å²) in [6, 6.07) is 10.0. The van der Waals surface area contributed by atoms with Gasteiger partial charge in [0.25, 0.3) is 5.56 Å². The van der Waals surface area contributed by atoms with E-state index < -0.39 is 0 Å². The summed E-state index contributed by atoms with van der Waals surface area (Å²) in [4.78, 5) is 38.3. The fraction of sp³-hybridized carbons (Fsp3) is 0.250. The van der Waals surface area contributed by atoms with Crippen molar-refractivity contribution in [1.82, 2.24) is 24.8 Å². The van der Waals surface area contributed by atoms with Crippen LogP contribution in [0.3, 0.4) is 0 Å². The van der Waals surface area contributed by atoms with Crippen molar-refractivity contribution in [1.29, 1.82) is 0 Å². The zero-order chi connectivity index (χ0) is 19.7. The van der Waals surface area contributed by atoms with Crippen LogP contribution in [-0.4, -0.2) is 31.3 Å². The number of carbonyl (C=O) groups is 1. The average Bonchev–Trinajstić information content (AvgIpc) is 2.70. The fourth-order valence-electron chi connectivity index (χ4n) is 3.39. The molecule has 2 aromatic heterocycles. The average molecular weight is 396 g/mol. The lowest BCUT2D eigenvalue weighted by atomic mass is 9.90. The van der Waals surface area contributed by atoms with Gasteiger partial charge >= 0.3 is 0 Å². The van der Waals surface area contributed by atoms with Gasteiger partial charge in [-0.3, -0.25) is 19.5 Å². The third-order valence-corrected chi connectivity index (χ3v) is 5.18. The molecule has 0 saturated heterocycles. The first-order valence-electron chi connectivity index (χ1n) is 8.93. The van der Waals surface area contributed by atoms with Crippen molar-refractivity contribution >= 4 is 17.4 Å². The van der Waals surface area contributed by atoms with E-state index in [2.05, 4.69) is 15.3 Å². The summed E-state index contributed by atoms with van der Waals surface area (Å²) in [6.45, 7) is 2.34. The van der Waals surface area contributed by atoms with E-state index in [4.69, 9.17) is 16.6 Å². The zero-order valence-electron chi connectivity index (χ0n) is 15.2. The van der Waals surface area contributed by atoms with Gasteiger partial charge in [0.05, 0.1) is 18.1 Å². The van der Waals surface area contributed by atoms with Gasteiger partial charge in [0.2, 0.25) is 0 Å². The normalized spacial score (nSPS) is 18.5. The first-order valence-corrected chi connectivity index (χ1v) is 9.31. The number of hydrogen-bond acceptors (Lipinski definition) is 6. The monoisotopic (exact) mass is 395 g/mol. The Morgan fingerprint density at radius 3 is 2.89 bits per heavy atom. The quantitative estimate of drug-likeness (QED) is 0.683. The van der Waals surface area contributed by atoms with E-state index in [0.717, 1.165) is 0 Å². The van der Waals surface area contributed by atoms with Gasteiger partial charge in [0, 0.05) is 41.2 Å². The topological polar surface area (TPSA) is 89.8 Å². The van der Waals surface area contributed by atoms with Crippen LogP contribution in [0.4, 0.5) is 0 Å². The molecule has 0 saturated carbocycles. The van der Waals surface area contributed by atoms with Crippen molar-refractivity contribution < 1.29 is 4.79 Å². The summed E-state index contributed by atoms with van der Waals surface area (Å²) >= 11 is 6.02. The molecule has 1 aliphatic heterocycles. The van der Waals surface area contributed by atoms with Gasteiger partial charge in [-0.1, -0.05) is 23.7 Å². The van der Waals surface area contributed by atoms with Crippen LogP contribution >= 0.6 is 11.6 Å². The zero-order valence-corrected chi connectivity index (χ0v) is 15.9. The summed E-state index contributed by atoms with van der Waals surface area (Å²) in [6.07, 6.45) is 3.23. The minimum Gasteiger partial charge on any atom is -0.296 e. The van der Waals surface area contributed by atoms with Crippen LogP contribution in [0.25, 0.3) is 11.4 Å². The van der Waals surface area contributed by atoms with Gasteiger partial charge < -0.3 is 0 Å². The summed E-state index contributed by atoms with van der Waals surface area (Å²) < 4.78 is 1.57. The van der Waals surface area contributed by atoms with Crippen LogP contribution in [0.2, 0.25) is 5.02 Å². The first kappa shape index (κ1) is 18.5. The van der Waals surface area contributed by atoms with E-state index in [1.54, 1.807) is 41.1 Å². The van der Waals surface area contributed by atoms with Gasteiger partial charge in [0.1, 0.15) is 12.2 Å². The molecule has 3 heterocycles. The van der Waals surface area contributed by atoms with Crippen molar-refractivity contribution in [3.63, 3.8) is 0 Å². The molecule has 1 N–H and O–H groups in total. The van der Waals surface area contributed by atoms with Gasteiger partial charge in [0.15, 0.2) is 5.78 Å². The Morgan fingerprint density at radius 2 is 2.14 bits per heavy atom. The highest BCUT2D eigenvalue weighted by atomic mass is 35.5. The highest BCUT2D eigenvalue weighted by Gasteiger charge is 2.31. The first-order chi connectivity index (χ1) is 13.5. The number of rotatable bonds is 4. The van der Waals surface area contributed by atoms with Gasteiger partial charge in [-0.2, -0.15) is 0 Å². The second-order valence-corrected chi connectivity index (χ2v) is 7.19. The predicted molar refractivity (Wildman–Crippen MR) is 105 cm³/mol. The van der Waals surface area contributed by atoms with E-state index in [-0.39, 0.29) is 29.7 Å². The minimum absolute atomic E-state index is 0.0179. The molecule has 0 bridgehead atoms. The number of nitrogens with one attached hydrogen (secondary N) is 1. The molecule has 1 aromatic carbocycles. The largest absolute Gasteiger partial charge is 0.296 e. The van der Waals surface area contributed by atoms with Crippen LogP contribution in [0.15, 0.2) is 53.7 Å². The van der Waals surface area contributed by atoms with Crippen LogP contribution in [0, 0.1) is 0 Å². The molecule has 0 amide bonds. The molecule has 2 unspecified atom stereocenters. The third kappa shape index (κ3) is 3.58. The molecular weight excluding hydrogens is 378 g/mol. The molecule has 28 heavy (non-hydrogen) atoms. The molecule has 142 valence electrons. The van der Waals surface area contributed by atoms with E-state index in [9.17, 15) is 9.59 Å². The SMILES string of the molecule is CC1NCn2c(nc(-c3ccncn3)cc2=O)C1CC(=O)c1cccc(Cl)c1. The molecule has 0 spiro atoms. The highest BCUT2D eigenvalue weighted by molar-refractivity contribution is 6.31. The molecular formula is C20H18ClN5O2. The summed E-state index contributed by atoms with van der Waals surface area (Å²) in [5.74, 6) is 0.286. The standard InChI is InChI=1S/C20H18ClN5O2/c1-12-15(8-18(27)13-3-2-4-14(21)7-13)20-25-17(16-5-6-22-10-23-16)9-19(28)26(20)11-24-12/h2-7,9-10,12,15,24H,8,11H2,1H3. The Bertz CT molecular complexity index is 1080. The van der Waals surface area contributed by atoms with Crippen LogP contribution < -0.4 is 10.9 Å². The fourth-order valence-corrected chi connectivity index (χ4v) is 3.58. The van der Waals surface area contributed by atoms with Crippen molar-refractivity contribution in [2.45, 2.75) is 32.0 Å². The highest BCUT2D eigenvalue weighted by Crippen LogP contribution is 2.28. The lowest BCUT2D eigenvalue weighted by molar-refractivity contribution is 0.0960. The number of fused-ring (bicyclic) bond motifs is 1. The van der Waals surface area contributed by atoms with Gasteiger partial charge in [-0.15, -0.1) is 0 Å². The van der Waals surface area contributed by atoms with E-state index in [0.29, 0.717) is 34.5 Å². The van der Waals surface area contributed by atoms with Gasteiger partial charge in [-0.05, 0) is 25.1 Å². The Morgan fingerprint density at radius 1 is 1.29 bits per heavy atom. The maximum Gasteiger partial charge on any atom is 0.255 e.